The van der Waals surface area contributed by atoms with Crippen LogP contribution in [-0.4, -0.2) is 81.4 Å². The summed E-state index contributed by atoms with van der Waals surface area (Å²) in [4.78, 5) is 15.3. The molecule has 0 radical (unpaired) electrons. The number of nitrogens with one attached hydrogen (secondary N) is 2. The fourth-order valence-corrected chi connectivity index (χ4v) is 14.1. The van der Waals surface area contributed by atoms with Gasteiger partial charge in [0.2, 0.25) is 0 Å². The summed E-state index contributed by atoms with van der Waals surface area (Å²) in [5.41, 5.74) is 0.753. The Morgan fingerprint density at radius 3 is 2.53 bits per heavy atom. The zero-order valence-corrected chi connectivity index (χ0v) is 34.1. The average molecular weight is 803 g/mol. The van der Waals surface area contributed by atoms with Crippen LogP contribution in [0.4, 0.5) is 0 Å². The standard InChI is InChI=1S/C49H58N2O8/c1-50-26-33-24-46-14-7-15-48-39(13-16-46)38(10-6-17-52)47(58)25-34(54)20-35(36-22-44(59-2)43(57)19-32(36)28-53)30(18-29-8-4-3-5-9-29)11-12-31(27-51-48)45(47)49(46,48)40-23-42(56)41(55)21-37(33)40/h3-5,8-9,13,16,19,21-23,30-31,33,35,38-39,45,50-53,55-58H,6-7,10,14-15,17-18,20,24-28H2,1-2H3. The van der Waals surface area contributed by atoms with Gasteiger partial charge in [0.05, 0.1) is 19.3 Å². The maximum atomic E-state index is 15.3. The van der Waals surface area contributed by atoms with E-state index in [4.69, 9.17) is 4.74 Å². The van der Waals surface area contributed by atoms with E-state index in [1.54, 1.807) is 18.2 Å². The third-order valence-corrected chi connectivity index (χ3v) is 15.9. The number of ketones is 1. The predicted octanol–water partition coefficient (Wildman–Crippen LogP) is 5.32. The number of phenolic OH excluding ortho intramolecular Hbond substituents is 3. The van der Waals surface area contributed by atoms with Crippen LogP contribution in [0.3, 0.4) is 0 Å². The lowest BCUT2D eigenvalue weighted by atomic mass is 9.26. The number of carbonyl (C=O) groups is 1. The summed E-state index contributed by atoms with van der Waals surface area (Å²) in [5, 5.41) is 76.0. The van der Waals surface area contributed by atoms with E-state index in [-0.39, 0.29) is 78.5 Å². The van der Waals surface area contributed by atoms with Crippen molar-refractivity contribution in [2.24, 2.45) is 35.0 Å². The van der Waals surface area contributed by atoms with Crippen molar-refractivity contribution in [2.75, 3.05) is 33.9 Å². The van der Waals surface area contributed by atoms with E-state index in [2.05, 4.69) is 46.8 Å². The van der Waals surface area contributed by atoms with Gasteiger partial charge in [-0.2, -0.15) is 0 Å². The fourth-order valence-electron chi connectivity index (χ4n) is 14.1. The van der Waals surface area contributed by atoms with Crippen LogP contribution in [0.2, 0.25) is 0 Å². The highest BCUT2D eigenvalue weighted by atomic mass is 16.5. The number of carbonyl (C=O) groups excluding carboxylic acids is 1. The van der Waals surface area contributed by atoms with Gasteiger partial charge in [-0.1, -0.05) is 60.7 Å². The molecule has 8 N–H and O–H groups in total. The molecule has 6 aliphatic rings. The summed E-state index contributed by atoms with van der Waals surface area (Å²) < 4.78 is 5.56. The van der Waals surface area contributed by atoms with Crippen LogP contribution >= 0.6 is 0 Å². The van der Waals surface area contributed by atoms with Gasteiger partial charge in [-0.15, -0.1) is 0 Å². The number of hydrogen-bond acceptors (Lipinski definition) is 10. The van der Waals surface area contributed by atoms with E-state index in [0.717, 1.165) is 42.4 Å². The number of aromatic hydroxyl groups is 3. The van der Waals surface area contributed by atoms with Crippen molar-refractivity contribution in [3.63, 3.8) is 0 Å². The monoisotopic (exact) mass is 802 g/mol. The molecule has 10 heteroatoms. The normalized spacial score (nSPS) is 36.4. The number of Topliss-reactive ketones (excluding diaryl/α,β-unsaturated/α-hetero) is 1. The van der Waals surface area contributed by atoms with Crippen molar-refractivity contribution in [2.45, 2.75) is 92.8 Å². The van der Waals surface area contributed by atoms with Crippen molar-refractivity contribution in [1.29, 1.82) is 0 Å². The number of aliphatic hydroxyl groups is 3. The Morgan fingerprint density at radius 2 is 1.78 bits per heavy atom. The molecule has 3 aromatic carbocycles. The second-order valence-corrected chi connectivity index (χ2v) is 18.5. The van der Waals surface area contributed by atoms with Crippen LogP contribution < -0.4 is 15.4 Å². The van der Waals surface area contributed by atoms with Crippen molar-refractivity contribution < 1.29 is 40.2 Å². The number of aliphatic hydroxyl groups excluding tert-OH is 2. The quantitative estimate of drug-likeness (QED) is 0.0763. The summed E-state index contributed by atoms with van der Waals surface area (Å²) in [7, 11) is 3.41. The first-order chi connectivity index (χ1) is 28.5. The lowest BCUT2D eigenvalue weighted by Crippen LogP contribution is -2.88. The number of hydrogen-bond donors (Lipinski definition) is 8. The molecule has 1 aliphatic heterocycles. The molecule has 3 aromatic rings. The molecular formula is C49H58N2O8. The van der Waals surface area contributed by atoms with Crippen LogP contribution in [0.5, 0.6) is 23.0 Å². The average Bonchev–Trinajstić information content (AvgIpc) is 3.22. The minimum absolute atomic E-state index is 0.0217. The zero-order chi connectivity index (χ0) is 41.3. The van der Waals surface area contributed by atoms with Crippen molar-refractivity contribution in [1.82, 2.24) is 10.6 Å². The predicted molar refractivity (Wildman–Crippen MR) is 223 cm³/mol. The van der Waals surface area contributed by atoms with Gasteiger partial charge in [-0.3, -0.25) is 4.79 Å². The number of rotatable bonds is 10. The third-order valence-electron chi connectivity index (χ3n) is 15.9. The Balaban J connectivity index is 1.32. The largest absolute Gasteiger partial charge is 0.504 e. The summed E-state index contributed by atoms with van der Waals surface area (Å²) in [6.07, 6.45) is 9.62. The van der Waals surface area contributed by atoms with E-state index in [1.165, 1.54) is 13.2 Å². The van der Waals surface area contributed by atoms with Gasteiger partial charge >= 0.3 is 0 Å². The first kappa shape index (κ1) is 40.1. The number of allylic oxidation sites excluding steroid dienone is 1. The molecule has 1 saturated heterocycles. The van der Waals surface area contributed by atoms with Crippen molar-refractivity contribution >= 4 is 5.78 Å². The van der Waals surface area contributed by atoms with E-state index in [0.29, 0.717) is 43.5 Å². The molecule has 0 aromatic heterocycles. The lowest BCUT2D eigenvalue weighted by Gasteiger charge is -2.80. The number of phenols is 3. The van der Waals surface area contributed by atoms with Crippen LogP contribution in [0.25, 0.3) is 0 Å². The fraction of sp³-hybridized carbons (Fsp3) is 0.531. The summed E-state index contributed by atoms with van der Waals surface area (Å²) in [5.74, 6) is 4.82. The molecule has 10 nitrogen and oxygen atoms in total. The second-order valence-electron chi connectivity index (χ2n) is 18.5. The van der Waals surface area contributed by atoms with Gasteiger partial charge in [0.15, 0.2) is 23.0 Å². The SMILES string of the molecule is CNCC1CC23C=CC4C(CCCO)C5(O)CC(=O)CC(c6cc(OC)c(O)cc6CO)C(Cc6ccccc6)C#CC6CNC4(CCC2)C3(c2cc(O)c(O)cc21)C65. The number of likely N-dealkylation sites (N-methyl/N-ethyl adjacent to an activating group) is 1. The molecule has 5 bridgehead atoms. The summed E-state index contributed by atoms with van der Waals surface area (Å²) >= 11 is 0. The van der Waals surface area contributed by atoms with Gasteiger partial charge in [0.25, 0.3) is 0 Å². The van der Waals surface area contributed by atoms with Gasteiger partial charge < -0.3 is 46.0 Å². The van der Waals surface area contributed by atoms with Gasteiger partial charge in [0.1, 0.15) is 5.78 Å². The molecule has 1 heterocycles. The molecule has 312 valence electrons. The van der Waals surface area contributed by atoms with Crippen LogP contribution in [-0.2, 0) is 23.2 Å². The first-order valence-electron chi connectivity index (χ1n) is 21.6. The molecule has 3 fully saturated rings. The maximum Gasteiger partial charge on any atom is 0.160 e. The molecule has 9 rings (SSSR count). The van der Waals surface area contributed by atoms with E-state index in [9.17, 15) is 30.6 Å². The number of piperidine rings is 1. The summed E-state index contributed by atoms with van der Waals surface area (Å²) in [6, 6.07) is 16.8. The molecule has 0 amide bonds. The number of benzene rings is 3. The highest BCUT2D eigenvalue weighted by molar-refractivity contribution is 5.81. The van der Waals surface area contributed by atoms with Crippen molar-refractivity contribution in [3.05, 3.63) is 94.6 Å². The maximum absolute atomic E-state index is 15.3. The number of methoxy groups -OCH3 is 1. The molecule has 2 saturated carbocycles. The van der Waals surface area contributed by atoms with Crippen LogP contribution in [0.15, 0.2) is 66.7 Å². The Labute approximate surface area is 346 Å². The molecule has 1 spiro atoms. The Morgan fingerprint density at radius 1 is 0.983 bits per heavy atom. The second kappa shape index (κ2) is 15.0. The molecule has 11 atom stereocenters. The molecule has 59 heavy (non-hydrogen) atoms. The molecular weight excluding hydrogens is 745 g/mol. The van der Waals surface area contributed by atoms with E-state index >= 15 is 4.79 Å². The highest BCUT2D eigenvalue weighted by Gasteiger charge is 2.82. The Bertz CT molecular complexity index is 2220. The Hall–Kier alpha value is -4.37. The minimum atomic E-state index is -1.56. The van der Waals surface area contributed by atoms with Crippen LogP contribution in [0.1, 0.15) is 91.0 Å². The first-order valence-corrected chi connectivity index (χ1v) is 21.6. The van der Waals surface area contributed by atoms with Gasteiger partial charge in [-0.05, 0) is 109 Å². The van der Waals surface area contributed by atoms with E-state index < -0.39 is 39.7 Å². The third kappa shape index (κ3) is 5.75. The van der Waals surface area contributed by atoms with Gasteiger partial charge in [-0.25, -0.2) is 0 Å². The highest BCUT2D eigenvalue weighted by Crippen LogP contribution is 2.79. The number of ether oxygens (including phenoxy) is 1. The van der Waals surface area contributed by atoms with Gasteiger partial charge in [0, 0.05) is 78.5 Å². The number of fused-ring (bicyclic) bond motifs is 1. The minimum Gasteiger partial charge on any atom is -0.504 e. The topological polar surface area (TPSA) is 172 Å². The zero-order valence-electron chi connectivity index (χ0n) is 34.1. The van der Waals surface area contributed by atoms with Crippen LogP contribution in [0, 0.1) is 46.8 Å². The summed E-state index contributed by atoms with van der Waals surface area (Å²) in [6.45, 7) is 0.767. The molecule has 11 unspecified atom stereocenters. The smallest absolute Gasteiger partial charge is 0.160 e. The lowest BCUT2D eigenvalue weighted by molar-refractivity contribution is -0.259. The molecule has 5 aliphatic carbocycles. The van der Waals surface area contributed by atoms with Crippen molar-refractivity contribution in [3.8, 4) is 34.8 Å². The van der Waals surface area contributed by atoms with E-state index in [1.807, 2.05) is 25.2 Å². The Kier molecular flexibility index (Phi) is 10.2.